The van der Waals surface area contributed by atoms with Crippen molar-refractivity contribution < 1.29 is 45.4 Å². The van der Waals surface area contributed by atoms with E-state index in [1.807, 2.05) is 5.73 Å². The van der Waals surface area contributed by atoms with Crippen molar-refractivity contribution in [2.24, 2.45) is 0 Å². The first-order chi connectivity index (χ1) is 19.2. The summed E-state index contributed by atoms with van der Waals surface area (Å²) >= 11 is 0. The molecule has 1 N–H and O–H groups in total. The zero-order valence-corrected chi connectivity index (χ0v) is 22.0. The van der Waals surface area contributed by atoms with Gasteiger partial charge in [-0.05, 0) is 56.0 Å². The van der Waals surface area contributed by atoms with Crippen molar-refractivity contribution in [2.45, 2.75) is 56.7 Å². The highest BCUT2D eigenvalue weighted by atomic mass is 19.4. The van der Waals surface area contributed by atoms with Crippen LogP contribution >= 0.6 is 0 Å². The maximum absolute atomic E-state index is 13.9. The number of alkyl halides is 6. The van der Waals surface area contributed by atoms with Crippen molar-refractivity contribution in [3.05, 3.63) is 106 Å². The number of nitrogens with zero attached hydrogens (tertiary/aromatic N) is 1. The van der Waals surface area contributed by atoms with E-state index in [-0.39, 0.29) is 30.7 Å². The molecule has 0 radical (unpaired) electrons. The number of allylic oxidation sites excluding steroid dienone is 2. The number of ether oxygens (including phenoxy) is 1. The van der Waals surface area contributed by atoms with Crippen LogP contribution in [0, 0.1) is 0 Å². The predicted octanol–water partition coefficient (Wildman–Crippen LogP) is 7.39. The summed E-state index contributed by atoms with van der Waals surface area (Å²) in [4.78, 5) is 15.1. The molecule has 1 amide bonds. The summed E-state index contributed by atoms with van der Waals surface area (Å²) in [6.07, 6.45) is -8.72. The van der Waals surface area contributed by atoms with E-state index in [2.05, 4.69) is 0 Å². The molecule has 1 fully saturated rings. The second kappa shape index (κ2) is 11.2. The third-order valence-corrected chi connectivity index (χ3v) is 7.12. The van der Waals surface area contributed by atoms with Crippen molar-refractivity contribution in [3.8, 4) is 5.75 Å². The molecule has 0 saturated carbocycles. The van der Waals surface area contributed by atoms with Gasteiger partial charge in [0.25, 0.3) is 5.60 Å². The fourth-order valence-corrected chi connectivity index (χ4v) is 4.85. The monoisotopic (exact) mass is 581 g/mol. The summed E-state index contributed by atoms with van der Waals surface area (Å²) < 4.78 is 101. The van der Waals surface area contributed by atoms with Crippen molar-refractivity contribution in [1.29, 1.82) is 0 Å². The number of amides is 1. The summed E-state index contributed by atoms with van der Waals surface area (Å²) in [6.45, 7) is 2.95. The van der Waals surface area contributed by atoms with Gasteiger partial charge >= 0.3 is 12.4 Å². The average molecular weight is 582 g/mol. The maximum Gasteiger partial charge on any atom is 0.429 e. The van der Waals surface area contributed by atoms with Gasteiger partial charge in [0.05, 0.1) is 18.0 Å². The molecular weight excluding hydrogens is 555 g/mol. The van der Waals surface area contributed by atoms with Crippen LogP contribution in [0.2, 0.25) is 0 Å². The molecular formula is C30H26F7NO3. The lowest BCUT2D eigenvalue weighted by Gasteiger charge is -2.34. The fraction of sp³-hybridized carbons (Fsp3) is 0.333. The topological polar surface area (TPSA) is 49.8 Å². The lowest BCUT2D eigenvalue weighted by molar-refractivity contribution is -0.237. The van der Waals surface area contributed by atoms with Crippen LogP contribution in [-0.2, 0) is 11.0 Å². The van der Waals surface area contributed by atoms with Crippen LogP contribution in [0.15, 0.2) is 95.2 Å². The van der Waals surface area contributed by atoms with Crippen LogP contribution in [0.5, 0.6) is 5.75 Å². The zero-order chi connectivity index (χ0) is 30.2. The van der Waals surface area contributed by atoms with Gasteiger partial charge in [-0.15, -0.1) is 0 Å². The molecule has 0 bridgehead atoms. The molecule has 2 aromatic rings. The smallest absolute Gasteiger partial charge is 0.429 e. The van der Waals surface area contributed by atoms with Gasteiger partial charge < -0.3 is 14.7 Å². The first kappa shape index (κ1) is 30.1. The Hall–Kier alpha value is -3.82. The highest BCUT2D eigenvalue weighted by Gasteiger charge is 2.63. The van der Waals surface area contributed by atoms with Crippen LogP contribution in [0.1, 0.15) is 43.7 Å². The number of hydrogen-bond acceptors (Lipinski definition) is 3. The lowest BCUT2D eigenvalue weighted by atomic mass is 9.82. The Labute approximate surface area is 231 Å². The number of rotatable bonds is 5. The van der Waals surface area contributed by atoms with Crippen LogP contribution in [0.3, 0.4) is 0 Å². The summed E-state index contributed by atoms with van der Waals surface area (Å²) in [6, 6.07) is 13.2. The number of carbonyl (C=O) groups excluding carboxylic acids is 1. The average Bonchev–Trinajstić information content (AvgIpc) is 3.10. The van der Waals surface area contributed by atoms with E-state index in [9.17, 15) is 40.6 Å². The zero-order valence-electron chi connectivity index (χ0n) is 22.0. The minimum atomic E-state index is -5.36. The Morgan fingerprint density at radius 1 is 1.10 bits per heavy atom. The Kier molecular flexibility index (Phi) is 8.25. The van der Waals surface area contributed by atoms with Gasteiger partial charge in [-0.3, -0.25) is 4.79 Å². The highest BCUT2D eigenvalue weighted by molar-refractivity contribution is 5.85. The molecule has 1 aliphatic heterocycles. The van der Waals surface area contributed by atoms with E-state index in [4.69, 9.17) is 4.74 Å². The van der Waals surface area contributed by atoms with E-state index in [0.29, 0.717) is 5.56 Å². The molecule has 2 aliphatic rings. The number of benzene rings is 2. The minimum Gasteiger partial charge on any atom is -0.488 e. The van der Waals surface area contributed by atoms with Crippen molar-refractivity contribution in [3.63, 3.8) is 0 Å². The first-order valence-electron chi connectivity index (χ1n) is 12.7. The van der Waals surface area contributed by atoms with E-state index in [0.717, 1.165) is 18.2 Å². The normalized spacial score (nSPS) is 24.3. The van der Waals surface area contributed by atoms with Gasteiger partial charge in [0.15, 0.2) is 5.83 Å². The molecule has 1 unspecified atom stereocenters. The molecule has 218 valence electrons. The Morgan fingerprint density at radius 3 is 2.32 bits per heavy atom. The van der Waals surface area contributed by atoms with Crippen LogP contribution in [0.4, 0.5) is 30.7 Å². The number of hydrogen-bond donors (Lipinski definition) is 1. The van der Waals surface area contributed by atoms with Gasteiger partial charge in [-0.1, -0.05) is 54.3 Å². The standard InChI is InChI=1S/C30H26F7NO3/c1-3-24-20(15-21-16-26(31)28(21,40)30(35,36)37)13-14-22(41-25-12-8-7-11-23(25)29(32,33)34)17-38(24)27(39)18(2)19-9-5-4-6-10-19/h3-12,15,18,22,40H,13-14,17H2,1-2H3/b20-15-,24-3?/t18-,22-,28?/m0/s1. The van der Waals surface area contributed by atoms with Gasteiger partial charge in [-0.25, -0.2) is 0 Å². The molecule has 0 aromatic heterocycles. The first-order valence-corrected chi connectivity index (χ1v) is 12.7. The molecule has 4 nitrogen and oxygen atoms in total. The Morgan fingerprint density at radius 2 is 1.73 bits per heavy atom. The number of halogens is 7. The molecule has 0 spiro atoms. The largest absolute Gasteiger partial charge is 0.488 e. The van der Waals surface area contributed by atoms with Gasteiger partial charge in [0.1, 0.15) is 11.9 Å². The van der Waals surface area contributed by atoms with Gasteiger partial charge in [0.2, 0.25) is 5.91 Å². The number of aliphatic hydroxyl groups is 1. The summed E-state index contributed by atoms with van der Waals surface area (Å²) in [5.74, 6) is -3.56. The van der Waals surface area contributed by atoms with E-state index in [1.54, 1.807) is 37.3 Å². The van der Waals surface area contributed by atoms with Gasteiger partial charge in [-0.2, -0.15) is 30.7 Å². The molecule has 4 rings (SSSR count). The van der Waals surface area contributed by atoms with Crippen LogP contribution in [-0.4, -0.2) is 40.3 Å². The highest BCUT2D eigenvalue weighted by Crippen LogP contribution is 2.48. The van der Waals surface area contributed by atoms with Crippen molar-refractivity contribution >= 4 is 5.91 Å². The molecule has 1 aliphatic carbocycles. The second-order valence-electron chi connectivity index (χ2n) is 9.76. The molecule has 1 heterocycles. The van der Waals surface area contributed by atoms with Crippen LogP contribution in [0.25, 0.3) is 0 Å². The number of carbonyl (C=O) groups is 1. The number of likely N-dealkylation sites (tertiary alicyclic amines) is 1. The van der Waals surface area contributed by atoms with Crippen LogP contribution < -0.4 is 4.74 Å². The maximum atomic E-state index is 13.9. The predicted molar refractivity (Wildman–Crippen MR) is 136 cm³/mol. The van der Waals surface area contributed by atoms with E-state index < -0.39 is 58.6 Å². The van der Waals surface area contributed by atoms with Crippen molar-refractivity contribution in [1.82, 2.24) is 4.90 Å². The molecule has 1 saturated heterocycles. The Bertz CT molecular complexity index is 1440. The number of para-hydroxylation sites is 1. The van der Waals surface area contributed by atoms with E-state index >= 15 is 0 Å². The third-order valence-electron chi connectivity index (χ3n) is 7.12. The van der Waals surface area contributed by atoms with Gasteiger partial charge in [0, 0.05) is 11.3 Å². The van der Waals surface area contributed by atoms with Crippen molar-refractivity contribution in [2.75, 3.05) is 6.54 Å². The Balaban J connectivity index is 1.76. The molecule has 41 heavy (non-hydrogen) atoms. The molecule has 11 heteroatoms. The fourth-order valence-electron chi connectivity index (χ4n) is 4.85. The summed E-state index contributed by atoms with van der Waals surface area (Å²) in [5.41, 5.74) is -2.95. The second-order valence-corrected chi connectivity index (χ2v) is 9.76. The minimum absolute atomic E-state index is 0.00276. The lowest BCUT2D eigenvalue weighted by Crippen LogP contribution is -2.50. The van der Waals surface area contributed by atoms with E-state index in [1.165, 1.54) is 30.0 Å². The third kappa shape index (κ3) is 5.83. The molecule has 3 atom stereocenters. The quantitative estimate of drug-likeness (QED) is 0.296. The SMILES string of the molecule is CC=C1/C(=C\C2=C=C(F)C2(O)C(F)(F)F)CC[C@H](Oc2ccccc2C(F)(F)F)CN1C(=O)[C@@H](C)c1ccccc1. The summed E-state index contributed by atoms with van der Waals surface area (Å²) in [5, 5.41) is 10.1. The molecule has 2 aromatic carbocycles. The summed E-state index contributed by atoms with van der Waals surface area (Å²) in [7, 11) is 0.